The van der Waals surface area contributed by atoms with Crippen molar-refractivity contribution in [3.63, 3.8) is 0 Å². The topological polar surface area (TPSA) is 304 Å². The van der Waals surface area contributed by atoms with E-state index in [0.29, 0.717) is 5.69 Å². The van der Waals surface area contributed by atoms with Crippen molar-refractivity contribution in [3.8, 4) is 0 Å². The summed E-state index contributed by atoms with van der Waals surface area (Å²) in [6.45, 7) is 3.68. The molecule has 0 saturated carbocycles. The summed E-state index contributed by atoms with van der Waals surface area (Å²) in [6.07, 6.45) is 1.10. The quantitative estimate of drug-likeness (QED) is 0.112. The molecule has 252 valence electrons. The molecule has 0 spiro atoms. The Bertz CT molecular complexity index is 1260. The van der Waals surface area contributed by atoms with Crippen LogP contribution < -0.4 is 32.3 Å². The zero-order valence-electron chi connectivity index (χ0n) is 24.7. The van der Waals surface area contributed by atoms with E-state index in [1.54, 1.807) is 0 Å². The summed E-state index contributed by atoms with van der Waals surface area (Å²) in [5.74, 6) is -6.15. The highest BCUT2D eigenvalue weighted by Crippen LogP contribution is 2.38. The number of amides is 6. The number of nitrogens with one attached hydrogen (secondary N) is 6. The molecule has 6 atom stereocenters. The number of phosphoric ester groups is 1. The lowest BCUT2D eigenvalue weighted by Crippen LogP contribution is -2.62. The molecule has 1 fully saturated rings. The second-order valence-corrected chi connectivity index (χ2v) is 12.8. The molecular formula is C24H39N8O11PS. The summed E-state index contributed by atoms with van der Waals surface area (Å²) in [6, 6.07) is -7.44. The number of hydrogen-bond donors (Lipinski definition) is 10. The number of thioether (sulfide) groups is 1. The Labute approximate surface area is 262 Å². The van der Waals surface area contributed by atoms with Crippen molar-refractivity contribution in [1.82, 2.24) is 36.6 Å². The van der Waals surface area contributed by atoms with Crippen LogP contribution in [0.4, 0.5) is 0 Å². The van der Waals surface area contributed by atoms with Crippen molar-refractivity contribution in [2.45, 2.75) is 69.9 Å². The third-order valence-electron chi connectivity index (χ3n) is 6.32. The maximum Gasteiger partial charge on any atom is 0.469 e. The molecule has 2 rings (SSSR count). The number of rotatable bonds is 9. The Morgan fingerprint density at radius 1 is 1.00 bits per heavy atom. The Balaban J connectivity index is 2.49. The standard InChI is InChI=1S/C24H39N8O11PS/c1-11(2)4-14-21(36)29-15(5-13-6-26-10-27-13)22(37)30-16(7-33)23(38)32-19(12(3)43-44(40,41)42)24(39)31-17(20(25)35)8-45-9-18(34)28-14/h6,10-12,14-17,19,33H,4-5,7-9H2,1-3H3,(H2,25,35)(H,26,27)(H,28,34)(H,29,36)(H,30,37)(H,31,39)(H,32,38)(H2,40,41,42)/t12-,14+,15+,16+,17-,19+/m1/s1. The SMILES string of the molecule is CC(C)C[C@@H]1NC(=O)CSC[C@H](C(N)=O)NC(=O)[C@H]([C@@H](C)OP(=O)(O)O)NC(=O)[C@H](CO)NC(=O)[C@H](Cc2cnc[nH]2)NC1=O. The molecule has 2 heterocycles. The van der Waals surface area contributed by atoms with Crippen LogP contribution in [-0.2, 0) is 44.3 Å². The van der Waals surface area contributed by atoms with Gasteiger partial charge in [-0.15, -0.1) is 11.8 Å². The van der Waals surface area contributed by atoms with Gasteiger partial charge in [0.25, 0.3) is 0 Å². The summed E-state index contributed by atoms with van der Waals surface area (Å²) >= 11 is 0.882. The van der Waals surface area contributed by atoms with Gasteiger partial charge in [-0.1, -0.05) is 13.8 Å². The van der Waals surface area contributed by atoms with Crippen molar-refractivity contribution in [1.29, 1.82) is 0 Å². The molecule has 11 N–H and O–H groups in total. The summed E-state index contributed by atoms with van der Waals surface area (Å²) < 4.78 is 16.0. The van der Waals surface area contributed by atoms with Crippen molar-refractivity contribution >= 4 is 55.0 Å². The molecular weight excluding hydrogens is 639 g/mol. The molecule has 1 aliphatic heterocycles. The Hall–Kier alpha value is -3.55. The van der Waals surface area contributed by atoms with E-state index in [2.05, 4.69) is 41.1 Å². The molecule has 1 saturated heterocycles. The highest BCUT2D eigenvalue weighted by Gasteiger charge is 2.37. The minimum Gasteiger partial charge on any atom is -0.394 e. The van der Waals surface area contributed by atoms with Gasteiger partial charge in [-0.3, -0.25) is 33.3 Å². The van der Waals surface area contributed by atoms with Gasteiger partial charge in [0.1, 0.15) is 30.2 Å². The monoisotopic (exact) mass is 678 g/mol. The number of carbonyl (C=O) groups excluding carboxylic acids is 6. The van der Waals surface area contributed by atoms with E-state index in [-0.39, 0.29) is 30.3 Å². The smallest absolute Gasteiger partial charge is 0.394 e. The number of primary amides is 1. The number of nitrogens with zero attached hydrogens (tertiary/aromatic N) is 1. The third-order valence-corrected chi connectivity index (χ3v) is 7.96. The van der Waals surface area contributed by atoms with Crippen molar-refractivity contribution < 1.29 is 52.7 Å². The van der Waals surface area contributed by atoms with Gasteiger partial charge < -0.3 is 52.2 Å². The number of nitrogens with two attached hydrogens (primary N) is 1. The average molecular weight is 679 g/mol. The Kier molecular flexibility index (Phi) is 14.4. The lowest BCUT2D eigenvalue weighted by molar-refractivity contribution is -0.136. The molecule has 6 amide bonds. The van der Waals surface area contributed by atoms with Crippen molar-refractivity contribution in [2.24, 2.45) is 11.7 Å². The second-order valence-electron chi connectivity index (χ2n) is 10.6. The number of aromatic nitrogens is 2. The zero-order chi connectivity index (χ0) is 33.9. The lowest BCUT2D eigenvalue weighted by Gasteiger charge is -2.29. The summed E-state index contributed by atoms with van der Waals surface area (Å²) in [7, 11) is -5.20. The Morgan fingerprint density at radius 2 is 1.62 bits per heavy atom. The molecule has 0 bridgehead atoms. The predicted octanol–water partition coefficient (Wildman–Crippen LogP) is -3.86. The summed E-state index contributed by atoms with van der Waals surface area (Å²) in [5, 5.41) is 21.8. The molecule has 45 heavy (non-hydrogen) atoms. The van der Waals surface area contributed by atoms with E-state index in [4.69, 9.17) is 5.73 Å². The van der Waals surface area contributed by atoms with Crippen LogP contribution in [0.15, 0.2) is 12.5 Å². The van der Waals surface area contributed by atoms with Crippen LogP contribution in [0.2, 0.25) is 0 Å². The minimum atomic E-state index is -5.20. The van der Waals surface area contributed by atoms with Gasteiger partial charge in [0.15, 0.2) is 0 Å². The second kappa shape index (κ2) is 17.2. The van der Waals surface area contributed by atoms with Crippen LogP contribution in [0, 0.1) is 5.92 Å². The number of hydrogen-bond acceptors (Lipinski definition) is 11. The molecule has 21 heteroatoms. The molecule has 0 radical (unpaired) electrons. The van der Waals surface area contributed by atoms with Gasteiger partial charge in [-0.25, -0.2) is 9.55 Å². The predicted molar refractivity (Wildman–Crippen MR) is 158 cm³/mol. The molecule has 19 nitrogen and oxygen atoms in total. The van der Waals surface area contributed by atoms with Gasteiger partial charge in [-0.2, -0.15) is 0 Å². The molecule has 1 aromatic heterocycles. The van der Waals surface area contributed by atoms with Crippen LogP contribution >= 0.6 is 19.6 Å². The first kappa shape index (κ1) is 37.6. The number of phosphoric acid groups is 1. The number of imidazole rings is 1. The number of carbonyl (C=O) groups is 6. The van der Waals surface area contributed by atoms with Crippen LogP contribution in [0.25, 0.3) is 0 Å². The van der Waals surface area contributed by atoms with Crippen molar-refractivity contribution in [3.05, 3.63) is 18.2 Å². The van der Waals surface area contributed by atoms with E-state index in [9.17, 15) is 48.2 Å². The van der Waals surface area contributed by atoms with Gasteiger partial charge >= 0.3 is 7.82 Å². The van der Waals surface area contributed by atoms with Crippen LogP contribution in [0.1, 0.15) is 32.9 Å². The van der Waals surface area contributed by atoms with E-state index >= 15 is 0 Å². The van der Waals surface area contributed by atoms with E-state index < -0.39 is 86.2 Å². The Morgan fingerprint density at radius 3 is 2.18 bits per heavy atom. The third kappa shape index (κ3) is 12.8. The van der Waals surface area contributed by atoms with Crippen LogP contribution in [0.3, 0.4) is 0 Å². The number of H-pyrrole nitrogens is 1. The normalized spacial score (nSPS) is 25.6. The summed E-state index contributed by atoms with van der Waals surface area (Å²) in [5.41, 5.74) is 5.82. The fourth-order valence-corrected chi connectivity index (χ4v) is 5.58. The fourth-order valence-electron chi connectivity index (χ4n) is 4.16. The largest absolute Gasteiger partial charge is 0.469 e. The minimum absolute atomic E-state index is 0.0618. The number of aromatic amines is 1. The van der Waals surface area contributed by atoms with Crippen LogP contribution in [-0.4, -0.2) is 115 Å². The van der Waals surface area contributed by atoms with E-state index in [0.717, 1.165) is 18.7 Å². The van der Waals surface area contributed by atoms with Gasteiger partial charge in [0.2, 0.25) is 35.4 Å². The first-order valence-corrected chi connectivity index (χ1v) is 16.4. The maximum atomic E-state index is 13.4. The average Bonchev–Trinajstić information content (AvgIpc) is 3.44. The fraction of sp³-hybridized carbons (Fsp3) is 0.625. The van der Waals surface area contributed by atoms with Crippen LogP contribution in [0.5, 0.6) is 0 Å². The summed E-state index contributed by atoms with van der Waals surface area (Å²) in [4.78, 5) is 103. The van der Waals surface area contributed by atoms with E-state index in [1.807, 2.05) is 13.8 Å². The first-order valence-electron chi connectivity index (χ1n) is 13.7. The molecule has 0 aromatic carbocycles. The lowest BCUT2D eigenvalue weighted by atomic mass is 10.0. The van der Waals surface area contributed by atoms with Gasteiger partial charge in [-0.05, 0) is 19.3 Å². The number of aliphatic hydroxyl groups is 1. The molecule has 1 aliphatic rings. The van der Waals surface area contributed by atoms with E-state index in [1.165, 1.54) is 12.5 Å². The first-order chi connectivity index (χ1) is 21.0. The highest BCUT2D eigenvalue weighted by atomic mass is 32.2. The molecule has 0 aliphatic carbocycles. The van der Waals surface area contributed by atoms with Gasteiger partial charge in [0.05, 0.1) is 24.8 Å². The highest BCUT2D eigenvalue weighted by molar-refractivity contribution is 8.00. The molecule has 1 aromatic rings. The van der Waals surface area contributed by atoms with Gasteiger partial charge in [0, 0.05) is 24.1 Å². The molecule has 0 unspecified atom stereocenters. The van der Waals surface area contributed by atoms with Crippen molar-refractivity contribution in [2.75, 3.05) is 18.1 Å². The zero-order valence-corrected chi connectivity index (χ0v) is 26.4. The number of aliphatic hydroxyl groups excluding tert-OH is 1. The maximum absolute atomic E-state index is 13.4.